The molecule has 0 spiro atoms. The minimum absolute atomic E-state index is 0.380. The van der Waals surface area contributed by atoms with Crippen molar-refractivity contribution in [3.05, 3.63) is 29.3 Å². The van der Waals surface area contributed by atoms with Crippen molar-refractivity contribution >= 4 is 34.0 Å². The van der Waals surface area contributed by atoms with Crippen molar-refractivity contribution in [2.75, 3.05) is 24.9 Å². The first-order chi connectivity index (χ1) is 10.5. The number of carbonyl (C=O) groups excluding carboxylic acids is 2. The zero-order valence-electron chi connectivity index (χ0n) is 12.3. The predicted molar refractivity (Wildman–Crippen MR) is 83.7 cm³/mol. The third kappa shape index (κ3) is 3.73. The molecule has 0 radical (unpaired) electrons. The molecule has 0 aliphatic carbocycles. The van der Waals surface area contributed by atoms with Gasteiger partial charge in [0.15, 0.2) is 16.6 Å². The maximum absolute atomic E-state index is 11.9. The van der Waals surface area contributed by atoms with E-state index in [9.17, 15) is 9.59 Å². The average molecular weight is 321 g/mol. The van der Waals surface area contributed by atoms with E-state index in [1.807, 2.05) is 0 Å². The van der Waals surface area contributed by atoms with Crippen LogP contribution in [0.3, 0.4) is 0 Å². The molecule has 0 saturated carbocycles. The van der Waals surface area contributed by atoms with Gasteiger partial charge in [-0.2, -0.15) is 0 Å². The quantitative estimate of drug-likeness (QED) is 0.841. The van der Waals surface area contributed by atoms with Gasteiger partial charge in [-0.15, -0.1) is 11.3 Å². The van der Waals surface area contributed by atoms with Crippen LogP contribution in [0.15, 0.2) is 23.6 Å². The Kier molecular flexibility index (Phi) is 4.95. The van der Waals surface area contributed by atoms with Crippen LogP contribution < -0.4 is 20.1 Å². The van der Waals surface area contributed by atoms with Gasteiger partial charge in [0.2, 0.25) is 0 Å². The maximum atomic E-state index is 11.9. The number of amides is 2. The maximum Gasteiger partial charge on any atom is 0.315 e. The van der Waals surface area contributed by atoms with E-state index in [1.54, 1.807) is 30.5 Å². The number of aryl methyl sites for hydroxylation is 1. The van der Waals surface area contributed by atoms with E-state index in [1.165, 1.54) is 25.6 Å². The Morgan fingerprint density at radius 1 is 1.09 bits per heavy atom. The molecular weight excluding hydrogens is 306 g/mol. The second-order valence-corrected chi connectivity index (χ2v) is 5.13. The third-order valence-corrected chi connectivity index (χ3v) is 3.56. The highest BCUT2D eigenvalue weighted by Crippen LogP contribution is 2.29. The molecule has 0 saturated heterocycles. The van der Waals surface area contributed by atoms with Crippen molar-refractivity contribution in [2.45, 2.75) is 6.92 Å². The highest BCUT2D eigenvalue weighted by molar-refractivity contribution is 7.14. The summed E-state index contributed by atoms with van der Waals surface area (Å²) >= 11 is 1.25. The van der Waals surface area contributed by atoms with Crippen LogP contribution in [0.25, 0.3) is 0 Å². The van der Waals surface area contributed by atoms with Gasteiger partial charge in [-0.25, -0.2) is 4.98 Å². The fourth-order valence-electron chi connectivity index (χ4n) is 1.67. The molecule has 1 aromatic heterocycles. The lowest BCUT2D eigenvalue weighted by Gasteiger charge is -2.10. The van der Waals surface area contributed by atoms with Crippen LogP contribution in [-0.4, -0.2) is 31.0 Å². The van der Waals surface area contributed by atoms with Crippen molar-refractivity contribution in [2.24, 2.45) is 0 Å². The molecule has 1 heterocycles. The third-order valence-electron chi connectivity index (χ3n) is 2.69. The predicted octanol–water partition coefficient (Wildman–Crippen LogP) is 2.05. The van der Waals surface area contributed by atoms with Gasteiger partial charge < -0.3 is 14.8 Å². The summed E-state index contributed by atoms with van der Waals surface area (Å²) in [6.07, 6.45) is 0. The fourth-order valence-corrected chi connectivity index (χ4v) is 2.35. The van der Waals surface area contributed by atoms with Gasteiger partial charge in [0.25, 0.3) is 0 Å². The number of hydrogen-bond donors (Lipinski definition) is 2. The first-order valence-corrected chi connectivity index (χ1v) is 7.18. The summed E-state index contributed by atoms with van der Waals surface area (Å²) in [4.78, 5) is 27.7. The average Bonchev–Trinajstić information content (AvgIpc) is 2.92. The molecule has 116 valence electrons. The zero-order valence-corrected chi connectivity index (χ0v) is 13.1. The first kappa shape index (κ1) is 15.8. The standard InChI is InChI=1S/C14H15N3O4S/c1-8-7-22-14(15-8)17-13(19)12(18)16-9-4-5-10(20-2)11(6-9)21-3/h4-7H,1-3H3,(H,16,18)(H,15,17,19). The lowest BCUT2D eigenvalue weighted by atomic mass is 10.2. The van der Waals surface area contributed by atoms with Crippen LogP contribution in [0.5, 0.6) is 11.5 Å². The summed E-state index contributed by atoms with van der Waals surface area (Å²) in [7, 11) is 3.00. The van der Waals surface area contributed by atoms with E-state index in [-0.39, 0.29) is 0 Å². The Labute approximate surface area is 131 Å². The Balaban J connectivity index is 2.03. The summed E-state index contributed by atoms with van der Waals surface area (Å²) < 4.78 is 10.2. The summed E-state index contributed by atoms with van der Waals surface area (Å²) in [5.41, 5.74) is 1.20. The van der Waals surface area contributed by atoms with Crippen LogP contribution in [0.4, 0.5) is 10.8 Å². The molecule has 7 nitrogen and oxygen atoms in total. The number of rotatable bonds is 4. The number of nitrogens with zero attached hydrogens (tertiary/aromatic N) is 1. The van der Waals surface area contributed by atoms with Crippen LogP contribution in [0.1, 0.15) is 5.69 Å². The van der Waals surface area contributed by atoms with E-state index < -0.39 is 11.8 Å². The van der Waals surface area contributed by atoms with Gasteiger partial charge in [-0.1, -0.05) is 0 Å². The van der Waals surface area contributed by atoms with Gasteiger partial charge in [0, 0.05) is 17.1 Å². The van der Waals surface area contributed by atoms with E-state index in [0.717, 1.165) is 5.69 Å². The van der Waals surface area contributed by atoms with Crippen molar-refractivity contribution in [1.29, 1.82) is 0 Å². The number of carbonyl (C=O) groups is 2. The summed E-state index contributed by atoms with van der Waals surface area (Å²) in [6, 6.07) is 4.81. The second kappa shape index (κ2) is 6.90. The van der Waals surface area contributed by atoms with E-state index in [2.05, 4.69) is 15.6 Å². The molecule has 0 aliphatic heterocycles. The second-order valence-electron chi connectivity index (χ2n) is 4.27. The monoisotopic (exact) mass is 321 g/mol. The smallest absolute Gasteiger partial charge is 0.315 e. The molecule has 2 amide bonds. The van der Waals surface area contributed by atoms with Gasteiger partial charge in [-0.3, -0.25) is 14.9 Å². The molecule has 0 atom stereocenters. The minimum atomic E-state index is -0.792. The number of anilines is 2. The number of ether oxygens (including phenoxy) is 2. The molecule has 8 heteroatoms. The van der Waals surface area contributed by atoms with Crippen molar-refractivity contribution in [3.63, 3.8) is 0 Å². The molecule has 2 rings (SSSR count). The lowest BCUT2D eigenvalue weighted by molar-refractivity contribution is -0.133. The molecule has 0 aliphatic rings. The van der Waals surface area contributed by atoms with E-state index >= 15 is 0 Å². The minimum Gasteiger partial charge on any atom is -0.493 e. The molecule has 2 N–H and O–H groups in total. The summed E-state index contributed by atoms with van der Waals surface area (Å²) in [5, 5.41) is 7.08. The molecule has 1 aromatic carbocycles. The highest BCUT2D eigenvalue weighted by Gasteiger charge is 2.16. The largest absolute Gasteiger partial charge is 0.493 e. The number of benzene rings is 1. The van der Waals surface area contributed by atoms with Crippen LogP contribution in [-0.2, 0) is 9.59 Å². The fraction of sp³-hybridized carbons (Fsp3) is 0.214. The normalized spacial score (nSPS) is 9.95. The molecule has 22 heavy (non-hydrogen) atoms. The number of methoxy groups -OCH3 is 2. The Hall–Kier alpha value is -2.61. The molecule has 0 unspecified atom stereocenters. The summed E-state index contributed by atoms with van der Waals surface area (Å²) in [6.45, 7) is 1.80. The number of aromatic nitrogens is 1. The van der Waals surface area contributed by atoms with Crippen LogP contribution in [0, 0.1) is 6.92 Å². The lowest BCUT2D eigenvalue weighted by Crippen LogP contribution is -2.29. The molecule has 0 fully saturated rings. The molecule has 0 bridgehead atoms. The van der Waals surface area contributed by atoms with Crippen LogP contribution in [0.2, 0.25) is 0 Å². The Morgan fingerprint density at radius 2 is 1.77 bits per heavy atom. The van der Waals surface area contributed by atoms with E-state index in [0.29, 0.717) is 22.3 Å². The topological polar surface area (TPSA) is 89.5 Å². The van der Waals surface area contributed by atoms with Crippen molar-refractivity contribution in [3.8, 4) is 11.5 Å². The van der Waals surface area contributed by atoms with Gasteiger partial charge in [0.05, 0.1) is 19.9 Å². The Morgan fingerprint density at radius 3 is 2.36 bits per heavy atom. The molecule has 2 aromatic rings. The van der Waals surface area contributed by atoms with Gasteiger partial charge in [-0.05, 0) is 19.1 Å². The first-order valence-electron chi connectivity index (χ1n) is 6.30. The zero-order chi connectivity index (χ0) is 16.1. The van der Waals surface area contributed by atoms with Gasteiger partial charge in [0.1, 0.15) is 0 Å². The van der Waals surface area contributed by atoms with Crippen LogP contribution >= 0.6 is 11.3 Å². The molecular formula is C14H15N3O4S. The number of nitrogens with one attached hydrogen (secondary N) is 2. The van der Waals surface area contributed by atoms with Gasteiger partial charge >= 0.3 is 11.8 Å². The number of thiazole rings is 1. The van der Waals surface area contributed by atoms with E-state index in [4.69, 9.17) is 9.47 Å². The van der Waals surface area contributed by atoms with Crippen molar-refractivity contribution in [1.82, 2.24) is 4.98 Å². The number of hydrogen-bond acceptors (Lipinski definition) is 6. The highest BCUT2D eigenvalue weighted by atomic mass is 32.1. The SMILES string of the molecule is COc1ccc(NC(=O)C(=O)Nc2nc(C)cs2)cc1OC. The van der Waals surface area contributed by atoms with Crippen molar-refractivity contribution < 1.29 is 19.1 Å². The summed E-state index contributed by atoms with van der Waals surface area (Å²) in [5.74, 6) is -0.594. The Bertz CT molecular complexity index is 699.